The molecule has 1 aliphatic rings. The fraction of sp³-hybridized carbons (Fsp3) is 1.00. The summed E-state index contributed by atoms with van der Waals surface area (Å²) in [5.41, 5.74) is 0.172. The van der Waals surface area contributed by atoms with Crippen LogP contribution in [-0.2, 0) is 4.43 Å². The zero-order valence-corrected chi connectivity index (χ0v) is 11.4. The van der Waals surface area contributed by atoms with Crippen LogP contribution in [0.25, 0.3) is 0 Å². The Morgan fingerprint density at radius 2 is 2.00 bits per heavy atom. The molecule has 0 spiro atoms. The Morgan fingerprint density at radius 1 is 1.29 bits per heavy atom. The maximum Gasteiger partial charge on any atom is 0.190 e. The molecule has 1 heterocycles. The van der Waals surface area contributed by atoms with Crippen LogP contribution >= 0.6 is 0 Å². The van der Waals surface area contributed by atoms with Gasteiger partial charge in [-0.2, -0.15) is 0 Å². The summed E-state index contributed by atoms with van der Waals surface area (Å²) in [6, 6.07) is 2.77. The minimum absolute atomic E-state index is 0.172. The van der Waals surface area contributed by atoms with E-state index in [1.165, 1.54) is 44.2 Å². The molecule has 1 fully saturated rings. The Balaban J connectivity index is 2.39. The molecule has 0 aromatic heterocycles. The van der Waals surface area contributed by atoms with Gasteiger partial charge in [0.2, 0.25) is 0 Å². The average molecular weight is 214 g/mol. The van der Waals surface area contributed by atoms with Crippen molar-refractivity contribution >= 4 is 8.32 Å². The van der Waals surface area contributed by atoms with E-state index >= 15 is 0 Å². The highest BCUT2D eigenvalue weighted by Crippen LogP contribution is 2.36. The van der Waals surface area contributed by atoms with Crippen LogP contribution in [0.15, 0.2) is 0 Å². The second-order valence-electron chi connectivity index (χ2n) is 5.62. The van der Waals surface area contributed by atoms with Crippen LogP contribution in [0, 0.1) is 0 Å². The van der Waals surface area contributed by atoms with Crippen molar-refractivity contribution in [3.63, 3.8) is 0 Å². The molecule has 1 rings (SSSR count). The second-order valence-corrected chi connectivity index (χ2v) is 9.73. The largest absolute Gasteiger partial charge is 0.412 e. The van der Waals surface area contributed by atoms with Crippen LogP contribution < -0.4 is 0 Å². The zero-order valence-electron chi connectivity index (χ0n) is 10.4. The van der Waals surface area contributed by atoms with Crippen LogP contribution in [-0.4, -0.2) is 13.9 Å². The summed E-state index contributed by atoms with van der Waals surface area (Å²) in [7, 11) is -1.31. The van der Waals surface area contributed by atoms with Gasteiger partial charge in [0.05, 0.1) is 5.60 Å². The Kier molecular flexibility index (Phi) is 4.20. The van der Waals surface area contributed by atoms with Crippen molar-refractivity contribution < 1.29 is 4.43 Å². The SMILES string of the molecule is CCCCC[Si]1(C)CCCC(C)(C)O1. The third-order valence-electron chi connectivity index (χ3n) is 3.32. The standard InChI is InChI=1S/C12H26OSi/c1-5-6-7-10-14(4)11-8-9-12(2,3)13-14/h5-11H2,1-4H3. The van der Waals surface area contributed by atoms with Crippen LogP contribution in [0.3, 0.4) is 0 Å². The molecular formula is C12H26OSi. The van der Waals surface area contributed by atoms with Crippen molar-refractivity contribution in [2.24, 2.45) is 0 Å². The third-order valence-corrected chi connectivity index (χ3v) is 7.18. The molecule has 0 amide bonds. The first kappa shape index (κ1) is 12.2. The summed E-state index contributed by atoms with van der Waals surface area (Å²) >= 11 is 0. The van der Waals surface area contributed by atoms with Gasteiger partial charge in [-0.3, -0.25) is 0 Å². The Hall–Kier alpha value is 0.177. The highest BCUT2D eigenvalue weighted by molar-refractivity contribution is 6.72. The van der Waals surface area contributed by atoms with Crippen LogP contribution in [0.5, 0.6) is 0 Å². The summed E-state index contributed by atoms with van der Waals surface area (Å²) in [4.78, 5) is 0. The van der Waals surface area contributed by atoms with Gasteiger partial charge in [0, 0.05) is 0 Å². The van der Waals surface area contributed by atoms with E-state index in [4.69, 9.17) is 4.43 Å². The number of hydrogen-bond acceptors (Lipinski definition) is 1. The predicted molar refractivity (Wildman–Crippen MR) is 65.2 cm³/mol. The van der Waals surface area contributed by atoms with Crippen molar-refractivity contribution in [1.29, 1.82) is 0 Å². The van der Waals surface area contributed by atoms with E-state index in [2.05, 4.69) is 27.3 Å². The molecule has 0 aliphatic carbocycles. The van der Waals surface area contributed by atoms with Crippen LogP contribution in [0.2, 0.25) is 18.6 Å². The molecule has 0 aromatic carbocycles. The predicted octanol–water partition coefficient (Wildman–Crippen LogP) is 4.34. The first-order valence-electron chi connectivity index (χ1n) is 6.18. The van der Waals surface area contributed by atoms with E-state index in [9.17, 15) is 0 Å². The first-order valence-corrected chi connectivity index (χ1v) is 9.00. The van der Waals surface area contributed by atoms with E-state index < -0.39 is 8.32 Å². The van der Waals surface area contributed by atoms with Crippen molar-refractivity contribution in [2.45, 2.75) is 77.1 Å². The smallest absolute Gasteiger partial charge is 0.190 e. The fourth-order valence-corrected chi connectivity index (χ4v) is 6.39. The molecule has 0 saturated carbocycles. The lowest BCUT2D eigenvalue weighted by Gasteiger charge is -2.42. The molecule has 1 nitrogen and oxygen atoms in total. The molecule has 0 N–H and O–H groups in total. The highest BCUT2D eigenvalue weighted by Gasteiger charge is 2.38. The van der Waals surface area contributed by atoms with Crippen molar-refractivity contribution in [3.05, 3.63) is 0 Å². The minimum atomic E-state index is -1.31. The molecular weight excluding hydrogens is 188 g/mol. The molecule has 1 saturated heterocycles. The number of rotatable bonds is 4. The van der Waals surface area contributed by atoms with Crippen molar-refractivity contribution in [1.82, 2.24) is 0 Å². The summed E-state index contributed by atoms with van der Waals surface area (Å²) in [6.45, 7) is 9.23. The van der Waals surface area contributed by atoms with E-state index in [1.54, 1.807) is 0 Å². The molecule has 0 bridgehead atoms. The Bertz CT molecular complexity index is 179. The van der Waals surface area contributed by atoms with Gasteiger partial charge in [-0.15, -0.1) is 0 Å². The van der Waals surface area contributed by atoms with Gasteiger partial charge in [-0.05, 0) is 38.9 Å². The second kappa shape index (κ2) is 4.80. The molecule has 14 heavy (non-hydrogen) atoms. The lowest BCUT2D eigenvalue weighted by atomic mass is 10.0. The van der Waals surface area contributed by atoms with E-state index in [1.807, 2.05) is 0 Å². The molecule has 84 valence electrons. The van der Waals surface area contributed by atoms with Crippen molar-refractivity contribution in [2.75, 3.05) is 0 Å². The summed E-state index contributed by atoms with van der Waals surface area (Å²) < 4.78 is 6.35. The maximum atomic E-state index is 6.35. The van der Waals surface area contributed by atoms with Gasteiger partial charge in [-0.25, -0.2) is 0 Å². The van der Waals surface area contributed by atoms with E-state index in [0.29, 0.717) is 0 Å². The molecule has 1 unspecified atom stereocenters. The van der Waals surface area contributed by atoms with Gasteiger partial charge in [-0.1, -0.05) is 32.6 Å². The lowest BCUT2D eigenvalue weighted by Crippen LogP contribution is -2.46. The van der Waals surface area contributed by atoms with Crippen molar-refractivity contribution in [3.8, 4) is 0 Å². The molecule has 1 aliphatic heterocycles. The highest BCUT2D eigenvalue weighted by atomic mass is 28.4. The third kappa shape index (κ3) is 3.74. The fourth-order valence-electron chi connectivity index (χ4n) is 2.58. The van der Waals surface area contributed by atoms with Gasteiger partial charge in [0.15, 0.2) is 8.32 Å². The average Bonchev–Trinajstić information content (AvgIpc) is 2.01. The summed E-state index contributed by atoms with van der Waals surface area (Å²) in [6.07, 6.45) is 6.74. The van der Waals surface area contributed by atoms with Gasteiger partial charge >= 0.3 is 0 Å². The van der Waals surface area contributed by atoms with Crippen LogP contribution in [0.1, 0.15) is 52.9 Å². The normalized spacial score (nSPS) is 31.7. The van der Waals surface area contributed by atoms with E-state index in [0.717, 1.165) is 0 Å². The van der Waals surface area contributed by atoms with Crippen LogP contribution in [0.4, 0.5) is 0 Å². The van der Waals surface area contributed by atoms with Gasteiger partial charge in [0.1, 0.15) is 0 Å². The van der Waals surface area contributed by atoms with Gasteiger partial charge < -0.3 is 4.43 Å². The van der Waals surface area contributed by atoms with Gasteiger partial charge in [0.25, 0.3) is 0 Å². The maximum absolute atomic E-state index is 6.35. The molecule has 0 radical (unpaired) electrons. The minimum Gasteiger partial charge on any atom is -0.412 e. The first-order chi connectivity index (χ1) is 6.47. The summed E-state index contributed by atoms with van der Waals surface area (Å²) in [5, 5.41) is 0. The molecule has 0 aromatic rings. The molecule has 2 heteroatoms. The number of hydrogen-bond donors (Lipinski definition) is 0. The lowest BCUT2D eigenvalue weighted by molar-refractivity contribution is 0.0697. The number of unbranched alkanes of at least 4 members (excludes halogenated alkanes) is 2. The monoisotopic (exact) mass is 214 g/mol. The molecule has 1 atom stereocenters. The zero-order chi connectivity index (χ0) is 10.7. The topological polar surface area (TPSA) is 9.23 Å². The van der Waals surface area contributed by atoms with E-state index in [-0.39, 0.29) is 5.60 Å². The quantitative estimate of drug-likeness (QED) is 0.499. The Morgan fingerprint density at radius 3 is 2.57 bits per heavy atom. The Labute approximate surface area is 90.4 Å². The summed E-state index contributed by atoms with van der Waals surface area (Å²) in [5.74, 6) is 0.